The Morgan fingerprint density at radius 3 is 2.19 bits per heavy atom. The molecule has 0 amide bonds. The van der Waals surface area contributed by atoms with Gasteiger partial charge in [0.25, 0.3) is 10.2 Å². The number of piperazine rings is 1. The van der Waals surface area contributed by atoms with Crippen LogP contribution in [0.25, 0.3) is 0 Å². The van der Waals surface area contributed by atoms with Crippen molar-refractivity contribution >= 4 is 16.2 Å². The number of nitrogens with two attached hydrogens (primary N) is 1. The quantitative estimate of drug-likeness (QED) is 0.715. The molecular weight excluding hydrogens is 296 g/mol. The molecule has 0 bridgehead atoms. The summed E-state index contributed by atoms with van der Waals surface area (Å²) in [6.45, 7) is 9.06. The summed E-state index contributed by atoms with van der Waals surface area (Å²) in [5, 5.41) is 6.69. The first kappa shape index (κ1) is 18.3. The topological polar surface area (TPSA) is 96.2 Å². The summed E-state index contributed by atoms with van der Waals surface area (Å²) in [4.78, 5) is 19.2. The minimum atomic E-state index is -3.62. The van der Waals surface area contributed by atoms with Crippen LogP contribution in [0.2, 0.25) is 0 Å². The van der Waals surface area contributed by atoms with Gasteiger partial charge in [0.2, 0.25) is 0 Å². The van der Waals surface area contributed by atoms with Crippen molar-refractivity contribution in [3.63, 3.8) is 0 Å². The molecule has 0 aliphatic carbocycles. The van der Waals surface area contributed by atoms with Crippen LogP contribution in [-0.2, 0) is 19.8 Å². The van der Waals surface area contributed by atoms with E-state index in [-0.39, 0.29) is 5.97 Å². The maximum absolute atomic E-state index is 11.8. The molecule has 9 heteroatoms. The van der Waals surface area contributed by atoms with Gasteiger partial charge in [-0.15, -0.1) is 5.06 Å². The van der Waals surface area contributed by atoms with Crippen LogP contribution in [0.5, 0.6) is 0 Å². The summed E-state index contributed by atoms with van der Waals surface area (Å²) in [5.41, 5.74) is -0.519. The van der Waals surface area contributed by atoms with Gasteiger partial charge in [-0.2, -0.15) is 12.7 Å². The largest absolute Gasteiger partial charge is 0.367 e. The number of likely N-dealkylation sites (N-methyl/N-ethyl adjacent to an activating group) is 1. The highest BCUT2D eigenvalue weighted by Gasteiger charge is 2.27. The van der Waals surface area contributed by atoms with Crippen molar-refractivity contribution < 1.29 is 18.0 Å². The van der Waals surface area contributed by atoms with E-state index >= 15 is 0 Å². The second kappa shape index (κ2) is 7.01. The van der Waals surface area contributed by atoms with Crippen LogP contribution in [0.3, 0.4) is 0 Å². The van der Waals surface area contributed by atoms with Crippen molar-refractivity contribution in [2.45, 2.75) is 20.8 Å². The Morgan fingerprint density at radius 2 is 1.76 bits per heavy atom. The van der Waals surface area contributed by atoms with Gasteiger partial charge in [-0.25, -0.2) is 9.93 Å². The lowest BCUT2D eigenvalue weighted by atomic mass is 9.98. The smallest absolute Gasteiger partial charge is 0.330 e. The van der Waals surface area contributed by atoms with Gasteiger partial charge in [-0.1, -0.05) is 0 Å². The normalized spacial score (nSPS) is 19.0. The van der Waals surface area contributed by atoms with Crippen molar-refractivity contribution in [1.29, 1.82) is 0 Å². The van der Waals surface area contributed by atoms with Crippen molar-refractivity contribution in [3.05, 3.63) is 0 Å². The van der Waals surface area contributed by atoms with E-state index in [2.05, 4.69) is 4.90 Å². The van der Waals surface area contributed by atoms with Crippen molar-refractivity contribution in [1.82, 2.24) is 14.3 Å². The first-order valence-corrected chi connectivity index (χ1v) is 8.44. The fraction of sp³-hybridized carbons (Fsp3) is 0.917. The van der Waals surface area contributed by atoms with E-state index in [4.69, 9.17) is 9.98 Å². The highest BCUT2D eigenvalue weighted by atomic mass is 32.2. The zero-order chi connectivity index (χ0) is 16.3. The van der Waals surface area contributed by atoms with E-state index in [1.165, 1.54) is 7.05 Å². The zero-order valence-electron chi connectivity index (χ0n) is 13.2. The van der Waals surface area contributed by atoms with Crippen LogP contribution in [-0.4, -0.2) is 75.0 Å². The maximum Gasteiger partial charge on any atom is 0.330 e. The Morgan fingerprint density at radius 1 is 1.24 bits per heavy atom. The maximum atomic E-state index is 11.8. The molecule has 0 radical (unpaired) electrons. The fourth-order valence-electron chi connectivity index (χ4n) is 1.71. The van der Waals surface area contributed by atoms with Crippen LogP contribution in [0.4, 0.5) is 0 Å². The lowest BCUT2D eigenvalue weighted by Crippen LogP contribution is -2.50. The first-order chi connectivity index (χ1) is 9.50. The summed E-state index contributed by atoms with van der Waals surface area (Å²) in [6, 6.07) is 0. The summed E-state index contributed by atoms with van der Waals surface area (Å²) < 4.78 is 23.3. The third-order valence-electron chi connectivity index (χ3n) is 3.32. The van der Waals surface area contributed by atoms with Gasteiger partial charge in [0.15, 0.2) is 0 Å². The van der Waals surface area contributed by atoms with Crippen molar-refractivity contribution in [2.24, 2.45) is 10.6 Å². The minimum Gasteiger partial charge on any atom is -0.367 e. The molecule has 0 aromatic rings. The molecule has 0 aromatic carbocycles. The molecule has 1 fully saturated rings. The highest BCUT2D eigenvalue weighted by Crippen LogP contribution is 2.16. The minimum absolute atomic E-state index is 0.245. The lowest BCUT2D eigenvalue weighted by molar-refractivity contribution is -0.206. The number of rotatable bonds is 5. The van der Waals surface area contributed by atoms with Crippen LogP contribution >= 0.6 is 0 Å². The number of nitrogens with zero attached hydrogens (tertiary/aromatic N) is 3. The molecule has 0 spiro atoms. The average Bonchev–Trinajstić information content (AvgIpc) is 2.35. The van der Waals surface area contributed by atoms with Crippen molar-refractivity contribution in [2.75, 3.05) is 46.3 Å². The van der Waals surface area contributed by atoms with Gasteiger partial charge in [0, 0.05) is 46.3 Å². The second-order valence-electron chi connectivity index (χ2n) is 6.27. The lowest BCUT2D eigenvalue weighted by Gasteiger charge is -2.34. The standard InChI is InChI=1S/C12H26N4O4S/c1-12(2,3)11(17)20-16-9-7-15(8-10-16)6-5-14(4)21(13,18)19/h5-10H2,1-4H3,(H2,13,18,19). The Kier molecular flexibility index (Phi) is 6.11. The molecule has 124 valence electrons. The zero-order valence-corrected chi connectivity index (χ0v) is 14.0. The molecular formula is C12H26N4O4S. The summed E-state index contributed by atoms with van der Waals surface area (Å²) in [6.07, 6.45) is 0. The Labute approximate surface area is 126 Å². The number of carbonyl (C=O) groups excluding carboxylic acids is 1. The van der Waals surface area contributed by atoms with E-state index in [0.29, 0.717) is 26.2 Å². The molecule has 1 aliphatic rings. The predicted molar refractivity (Wildman–Crippen MR) is 79.3 cm³/mol. The molecule has 0 aromatic heterocycles. The van der Waals surface area contributed by atoms with Crippen LogP contribution in [0.15, 0.2) is 0 Å². The first-order valence-electron chi connectivity index (χ1n) is 6.94. The number of hydrogen-bond donors (Lipinski definition) is 1. The summed E-state index contributed by atoms with van der Waals surface area (Å²) >= 11 is 0. The van der Waals surface area contributed by atoms with Crippen molar-refractivity contribution in [3.8, 4) is 0 Å². The molecule has 0 saturated carbocycles. The van der Waals surface area contributed by atoms with E-state index in [1.807, 2.05) is 20.8 Å². The van der Waals surface area contributed by atoms with Gasteiger partial charge in [-0.3, -0.25) is 4.90 Å². The molecule has 1 aliphatic heterocycles. The number of hydrogen-bond acceptors (Lipinski definition) is 6. The van der Waals surface area contributed by atoms with E-state index < -0.39 is 15.6 Å². The molecule has 0 unspecified atom stereocenters. The molecule has 1 saturated heterocycles. The summed E-state index contributed by atoms with van der Waals surface area (Å²) in [7, 11) is -2.16. The molecule has 8 nitrogen and oxygen atoms in total. The van der Waals surface area contributed by atoms with Gasteiger partial charge in [-0.05, 0) is 20.8 Å². The van der Waals surface area contributed by atoms with E-state index in [9.17, 15) is 13.2 Å². The molecule has 1 heterocycles. The third-order valence-corrected chi connectivity index (χ3v) is 4.37. The van der Waals surface area contributed by atoms with Crippen LogP contribution in [0, 0.1) is 5.41 Å². The summed E-state index contributed by atoms with van der Waals surface area (Å²) in [5.74, 6) is -0.245. The SMILES string of the molecule is CN(CCN1CCN(OC(=O)C(C)(C)C)CC1)S(N)(=O)=O. The Balaban J connectivity index is 2.31. The molecule has 21 heavy (non-hydrogen) atoms. The molecule has 0 atom stereocenters. The van der Waals surface area contributed by atoms with Crippen LogP contribution < -0.4 is 5.14 Å². The Bertz CT molecular complexity index is 452. The number of hydroxylamine groups is 2. The van der Waals surface area contributed by atoms with Gasteiger partial charge in [0.05, 0.1) is 5.41 Å². The monoisotopic (exact) mass is 322 g/mol. The van der Waals surface area contributed by atoms with Gasteiger partial charge < -0.3 is 4.84 Å². The van der Waals surface area contributed by atoms with E-state index in [0.717, 1.165) is 17.4 Å². The average molecular weight is 322 g/mol. The predicted octanol–water partition coefficient (Wildman–Crippen LogP) is -0.756. The van der Waals surface area contributed by atoms with Crippen LogP contribution in [0.1, 0.15) is 20.8 Å². The Hall–Kier alpha value is -0.740. The van der Waals surface area contributed by atoms with Gasteiger partial charge in [0.1, 0.15) is 0 Å². The number of carbonyl (C=O) groups is 1. The van der Waals surface area contributed by atoms with E-state index in [1.54, 1.807) is 5.06 Å². The third kappa shape index (κ3) is 6.27. The van der Waals surface area contributed by atoms with Gasteiger partial charge >= 0.3 is 5.97 Å². The fourth-order valence-corrected chi connectivity index (χ4v) is 2.04. The molecule has 2 N–H and O–H groups in total. The molecule has 1 rings (SSSR count). The highest BCUT2D eigenvalue weighted by molar-refractivity contribution is 7.86. The second-order valence-corrected chi connectivity index (χ2v) is 7.92.